The van der Waals surface area contributed by atoms with Crippen LogP contribution in [0.1, 0.15) is 58.9 Å². The standard InChI is InChI=1S/C32H37FN2O4/c1-6-9-27(34-16-7-2)21(3)31(35-22(4)26-19-38-32(20-36)17-24(26)18-32)23-12-14-25(15-13-23)39-29-11-8-10-28(37-5)30(29)33/h7-8,10-16,36H,6,9,17-20H2,1-5H3/b16-7-,31-21+,34-27-,35-22?. The van der Waals surface area contributed by atoms with Crippen molar-refractivity contribution in [3.8, 4) is 17.2 Å². The third kappa shape index (κ3) is 6.21. The van der Waals surface area contributed by atoms with Crippen LogP contribution in [-0.4, -0.2) is 42.5 Å². The Hall–Kier alpha value is -3.55. The number of allylic oxidation sites excluding steroid dienone is 2. The molecule has 0 saturated heterocycles. The second kappa shape index (κ2) is 12.5. The van der Waals surface area contributed by atoms with Gasteiger partial charge in [0.25, 0.3) is 0 Å². The molecule has 39 heavy (non-hydrogen) atoms. The minimum absolute atomic E-state index is 0.0418. The molecule has 2 aliphatic heterocycles. The van der Waals surface area contributed by atoms with Gasteiger partial charge in [-0.1, -0.05) is 31.1 Å². The number of methoxy groups -OCH3 is 1. The summed E-state index contributed by atoms with van der Waals surface area (Å²) in [7, 11) is 1.42. The Balaban J connectivity index is 1.71. The van der Waals surface area contributed by atoms with E-state index in [9.17, 15) is 9.50 Å². The SMILES string of the molecule is C\C=C/N=C(CCC)\C(C)=C(\N=C(C)C1=C2CC(CO)(C2)OC1)c1ccc(Oc2cccc(OC)c2F)cc1. The topological polar surface area (TPSA) is 72.6 Å². The highest BCUT2D eigenvalue weighted by Crippen LogP contribution is 2.46. The zero-order valence-corrected chi connectivity index (χ0v) is 23.4. The summed E-state index contributed by atoms with van der Waals surface area (Å²) in [5, 5.41) is 9.68. The summed E-state index contributed by atoms with van der Waals surface area (Å²) in [6.45, 7) is 8.63. The Bertz CT molecular complexity index is 1340. The molecule has 1 aliphatic carbocycles. The average Bonchev–Trinajstić information content (AvgIpc) is 2.94. The van der Waals surface area contributed by atoms with Crippen LogP contribution in [0.5, 0.6) is 17.2 Å². The molecule has 2 aromatic carbocycles. The minimum Gasteiger partial charge on any atom is -0.494 e. The summed E-state index contributed by atoms with van der Waals surface area (Å²) in [6, 6.07) is 12.3. The highest BCUT2D eigenvalue weighted by Gasteiger charge is 2.46. The van der Waals surface area contributed by atoms with E-state index in [-0.39, 0.29) is 18.1 Å². The molecule has 1 N–H and O–H groups in total. The van der Waals surface area contributed by atoms with Crippen molar-refractivity contribution in [2.24, 2.45) is 9.98 Å². The van der Waals surface area contributed by atoms with E-state index in [1.165, 1.54) is 12.7 Å². The van der Waals surface area contributed by atoms with Gasteiger partial charge in [0.15, 0.2) is 11.5 Å². The summed E-state index contributed by atoms with van der Waals surface area (Å²) in [4.78, 5) is 9.84. The summed E-state index contributed by atoms with van der Waals surface area (Å²) in [6.07, 6.45) is 7.00. The zero-order chi connectivity index (χ0) is 28.0. The predicted molar refractivity (Wildman–Crippen MR) is 154 cm³/mol. The number of aliphatic hydroxyl groups excluding tert-OH is 1. The lowest BCUT2D eigenvalue weighted by Gasteiger charge is -2.48. The Morgan fingerprint density at radius 2 is 1.85 bits per heavy atom. The number of nitrogens with zero attached hydrogens (tertiary/aromatic N) is 2. The molecule has 2 heterocycles. The van der Waals surface area contributed by atoms with Gasteiger partial charge in [-0.2, -0.15) is 4.39 Å². The van der Waals surface area contributed by atoms with Crippen molar-refractivity contribution in [2.45, 2.75) is 59.0 Å². The van der Waals surface area contributed by atoms with E-state index < -0.39 is 11.4 Å². The fraction of sp³-hybridized carbons (Fsp3) is 0.375. The van der Waals surface area contributed by atoms with Crippen molar-refractivity contribution in [1.82, 2.24) is 0 Å². The Morgan fingerprint density at radius 1 is 1.13 bits per heavy atom. The molecule has 7 heteroatoms. The van der Waals surface area contributed by atoms with Gasteiger partial charge in [0.1, 0.15) is 5.75 Å². The van der Waals surface area contributed by atoms with Crippen LogP contribution in [-0.2, 0) is 4.74 Å². The van der Waals surface area contributed by atoms with E-state index >= 15 is 0 Å². The maximum absolute atomic E-state index is 14.6. The Kier molecular flexibility index (Phi) is 9.15. The third-order valence-electron chi connectivity index (χ3n) is 7.18. The lowest BCUT2D eigenvalue weighted by atomic mass is 9.71. The molecule has 6 nitrogen and oxygen atoms in total. The molecule has 5 rings (SSSR count). The van der Waals surface area contributed by atoms with Crippen LogP contribution in [0.2, 0.25) is 0 Å². The second-order valence-electron chi connectivity index (χ2n) is 9.94. The van der Waals surface area contributed by atoms with Gasteiger partial charge in [-0.3, -0.25) is 9.98 Å². The van der Waals surface area contributed by atoms with E-state index in [0.717, 1.165) is 59.5 Å². The van der Waals surface area contributed by atoms with Crippen LogP contribution in [0.15, 0.2) is 81.4 Å². The number of hydrogen-bond acceptors (Lipinski definition) is 6. The Labute approximate surface area is 230 Å². The van der Waals surface area contributed by atoms with Gasteiger partial charge in [0.2, 0.25) is 5.82 Å². The van der Waals surface area contributed by atoms with Gasteiger partial charge in [-0.15, -0.1) is 0 Å². The van der Waals surface area contributed by atoms with Gasteiger partial charge >= 0.3 is 0 Å². The molecule has 1 saturated carbocycles. The molecular formula is C32H37FN2O4. The average molecular weight is 533 g/mol. The first-order valence-corrected chi connectivity index (χ1v) is 13.4. The van der Waals surface area contributed by atoms with Gasteiger partial charge < -0.3 is 19.3 Å². The molecule has 2 aromatic rings. The van der Waals surface area contributed by atoms with Gasteiger partial charge in [0.05, 0.1) is 31.6 Å². The third-order valence-corrected chi connectivity index (χ3v) is 7.18. The molecule has 3 aliphatic rings. The van der Waals surface area contributed by atoms with Crippen molar-refractivity contribution in [3.05, 3.63) is 82.8 Å². The van der Waals surface area contributed by atoms with Crippen molar-refractivity contribution in [2.75, 3.05) is 20.3 Å². The molecule has 206 valence electrons. The number of rotatable bonds is 11. The zero-order valence-electron chi connectivity index (χ0n) is 23.4. The minimum atomic E-state index is -0.546. The van der Waals surface area contributed by atoms with Crippen molar-refractivity contribution >= 4 is 17.1 Å². The highest BCUT2D eigenvalue weighted by molar-refractivity contribution is 6.09. The summed E-state index contributed by atoms with van der Waals surface area (Å²) in [5.74, 6) is 0.177. The van der Waals surface area contributed by atoms with E-state index in [4.69, 9.17) is 24.2 Å². The number of ether oxygens (including phenoxy) is 3. The number of aliphatic imine (C=N–C) groups is 2. The van der Waals surface area contributed by atoms with Gasteiger partial charge in [-0.05, 0) is 74.7 Å². The first-order chi connectivity index (χ1) is 18.8. The van der Waals surface area contributed by atoms with Crippen LogP contribution >= 0.6 is 0 Å². The lowest BCUT2D eigenvalue weighted by Crippen LogP contribution is -2.50. The first-order valence-electron chi connectivity index (χ1n) is 13.4. The number of aliphatic hydroxyl groups is 1. The maximum atomic E-state index is 14.6. The summed E-state index contributed by atoms with van der Waals surface area (Å²) in [5.41, 5.74) is 6.57. The molecule has 0 atom stereocenters. The van der Waals surface area contributed by atoms with Crippen molar-refractivity contribution in [1.29, 1.82) is 0 Å². The largest absolute Gasteiger partial charge is 0.494 e. The van der Waals surface area contributed by atoms with E-state index in [0.29, 0.717) is 12.4 Å². The van der Waals surface area contributed by atoms with Crippen LogP contribution in [0, 0.1) is 5.82 Å². The van der Waals surface area contributed by atoms with E-state index in [1.54, 1.807) is 18.2 Å². The van der Waals surface area contributed by atoms with Crippen LogP contribution in [0.3, 0.4) is 0 Å². The molecule has 0 amide bonds. The number of hydrogen-bond donors (Lipinski definition) is 1. The van der Waals surface area contributed by atoms with E-state index in [2.05, 4.69) is 13.8 Å². The molecular weight excluding hydrogens is 495 g/mol. The Morgan fingerprint density at radius 3 is 2.44 bits per heavy atom. The molecule has 0 radical (unpaired) electrons. The molecule has 0 spiro atoms. The van der Waals surface area contributed by atoms with E-state index in [1.807, 2.05) is 50.4 Å². The molecule has 0 aromatic heterocycles. The number of fused-ring (bicyclic) bond motifs is 2. The number of halogens is 1. The fourth-order valence-corrected chi connectivity index (χ4v) is 4.91. The van der Waals surface area contributed by atoms with Crippen molar-refractivity contribution < 1.29 is 23.7 Å². The van der Waals surface area contributed by atoms with Crippen LogP contribution in [0.4, 0.5) is 4.39 Å². The number of benzene rings is 2. The fourth-order valence-electron chi connectivity index (χ4n) is 4.91. The molecule has 1 fully saturated rings. The second-order valence-corrected chi connectivity index (χ2v) is 9.94. The van der Waals surface area contributed by atoms with Crippen molar-refractivity contribution in [3.63, 3.8) is 0 Å². The summed E-state index contributed by atoms with van der Waals surface area (Å²) < 4.78 is 31.5. The van der Waals surface area contributed by atoms with Crippen LogP contribution in [0.25, 0.3) is 5.70 Å². The lowest BCUT2D eigenvalue weighted by molar-refractivity contribution is -0.109. The smallest absolute Gasteiger partial charge is 0.207 e. The quantitative estimate of drug-likeness (QED) is 0.305. The van der Waals surface area contributed by atoms with Gasteiger partial charge in [-0.25, -0.2) is 0 Å². The maximum Gasteiger partial charge on any atom is 0.207 e. The summed E-state index contributed by atoms with van der Waals surface area (Å²) >= 11 is 0. The molecule has 0 unspecified atom stereocenters. The van der Waals surface area contributed by atoms with Crippen LogP contribution < -0.4 is 9.47 Å². The monoisotopic (exact) mass is 532 g/mol. The normalized spacial score (nSPS) is 17.7. The van der Waals surface area contributed by atoms with Gasteiger partial charge in [0, 0.05) is 36.0 Å². The molecule has 2 bridgehead atoms. The first kappa shape index (κ1) is 28.5. The highest BCUT2D eigenvalue weighted by atomic mass is 19.1. The predicted octanol–water partition coefficient (Wildman–Crippen LogP) is 7.44.